The van der Waals surface area contributed by atoms with E-state index in [1.807, 2.05) is 42.5 Å². The molecule has 2 N–H and O–H groups in total. The summed E-state index contributed by atoms with van der Waals surface area (Å²) in [7, 11) is 0. The van der Waals surface area contributed by atoms with E-state index in [0.717, 1.165) is 19.0 Å². The average molecular weight is 380 g/mol. The van der Waals surface area contributed by atoms with Crippen molar-refractivity contribution in [2.24, 2.45) is 11.3 Å². The first-order valence-corrected chi connectivity index (χ1v) is 9.89. The Morgan fingerprint density at radius 3 is 1.89 bits per heavy atom. The van der Waals surface area contributed by atoms with E-state index < -0.39 is 5.41 Å². The first-order chi connectivity index (χ1) is 13.4. The Hall–Kier alpha value is -2.82. The van der Waals surface area contributed by atoms with Gasteiger partial charge in [0.1, 0.15) is 5.41 Å². The fourth-order valence-electron chi connectivity index (χ4n) is 3.22. The molecule has 1 saturated heterocycles. The Kier molecular flexibility index (Phi) is 6.02. The zero-order chi connectivity index (χ0) is 20.1. The van der Waals surface area contributed by atoms with Gasteiger partial charge in [0, 0.05) is 30.2 Å². The molecular formula is C23H29N3O2. The topological polar surface area (TPSA) is 61.4 Å². The van der Waals surface area contributed by atoms with Crippen LogP contribution in [0, 0.1) is 11.3 Å². The summed E-state index contributed by atoms with van der Waals surface area (Å²) in [6.45, 7) is 7.69. The van der Waals surface area contributed by atoms with E-state index in [2.05, 4.69) is 22.5 Å². The molecule has 1 heterocycles. The third-order valence-corrected chi connectivity index (χ3v) is 5.44. The Labute approximate surface area is 167 Å². The molecule has 0 bridgehead atoms. The van der Waals surface area contributed by atoms with Crippen LogP contribution in [-0.4, -0.2) is 24.9 Å². The number of nitrogens with zero attached hydrogens (tertiary/aromatic N) is 1. The summed E-state index contributed by atoms with van der Waals surface area (Å²) in [5, 5.41) is 5.67. The fraction of sp³-hybridized carbons (Fsp3) is 0.391. The van der Waals surface area contributed by atoms with Gasteiger partial charge in [0.05, 0.1) is 0 Å². The molecule has 148 valence electrons. The molecule has 3 rings (SSSR count). The van der Waals surface area contributed by atoms with E-state index in [1.165, 1.54) is 18.5 Å². The van der Waals surface area contributed by atoms with Gasteiger partial charge in [-0.05, 0) is 69.0 Å². The summed E-state index contributed by atoms with van der Waals surface area (Å²) < 4.78 is 0. The highest BCUT2D eigenvalue weighted by Gasteiger charge is 2.36. The SMILES string of the molecule is CC1CCN(c2ccc(NC(=O)C(C)(C)C(=O)Nc3ccccc3)cc2)CC1. The maximum Gasteiger partial charge on any atom is 0.239 e. The number of para-hydroxylation sites is 1. The van der Waals surface area contributed by atoms with Crippen LogP contribution in [0.2, 0.25) is 0 Å². The largest absolute Gasteiger partial charge is 0.372 e. The van der Waals surface area contributed by atoms with Gasteiger partial charge < -0.3 is 15.5 Å². The van der Waals surface area contributed by atoms with Crippen LogP contribution >= 0.6 is 0 Å². The van der Waals surface area contributed by atoms with E-state index in [-0.39, 0.29) is 11.8 Å². The van der Waals surface area contributed by atoms with Crippen molar-refractivity contribution in [3.8, 4) is 0 Å². The highest BCUT2D eigenvalue weighted by molar-refractivity contribution is 6.14. The van der Waals surface area contributed by atoms with E-state index in [4.69, 9.17) is 0 Å². The van der Waals surface area contributed by atoms with Crippen molar-refractivity contribution >= 4 is 28.9 Å². The highest BCUT2D eigenvalue weighted by Crippen LogP contribution is 2.26. The number of hydrogen-bond donors (Lipinski definition) is 2. The second-order valence-corrected chi connectivity index (χ2v) is 8.12. The van der Waals surface area contributed by atoms with Crippen LogP contribution in [-0.2, 0) is 9.59 Å². The van der Waals surface area contributed by atoms with Crippen LogP contribution in [0.1, 0.15) is 33.6 Å². The molecule has 0 unspecified atom stereocenters. The monoisotopic (exact) mass is 379 g/mol. The standard InChI is InChI=1S/C23H29N3O2/c1-17-13-15-26(16-14-17)20-11-9-19(10-12-20)25-22(28)23(2,3)21(27)24-18-7-5-4-6-8-18/h4-12,17H,13-16H2,1-3H3,(H,24,27)(H,25,28). The zero-order valence-corrected chi connectivity index (χ0v) is 16.9. The molecule has 28 heavy (non-hydrogen) atoms. The molecule has 1 aliphatic heterocycles. The Morgan fingerprint density at radius 1 is 0.857 bits per heavy atom. The van der Waals surface area contributed by atoms with E-state index in [9.17, 15) is 9.59 Å². The molecule has 2 amide bonds. The molecule has 5 nitrogen and oxygen atoms in total. The van der Waals surface area contributed by atoms with E-state index in [1.54, 1.807) is 26.0 Å². The van der Waals surface area contributed by atoms with Crippen LogP contribution in [0.25, 0.3) is 0 Å². The summed E-state index contributed by atoms with van der Waals surface area (Å²) in [6.07, 6.45) is 2.42. The Morgan fingerprint density at radius 2 is 1.36 bits per heavy atom. The third-order valence-electron chi connectivity index (χ3n) is 5.44. The van der Waals surface area contributed by atoms with Crippen LogP contribution < -0.4 is 15.5 Å². The van der Waals surface area contributed by atoms with Gasteiger partial charge in [-0.3, -0.25) is 9.59 Å². The minimum Gasteiger partial charge on any atom is -0.372 e. The van der Waals surface area contributed by atoms with Crippen molar-refractivity contribution in [3.05, 3.63) is 54.6 Å². The van der Waals surface area contributed by atoms with Gasteiger partial charge in [-0.15, -0.1) is 0 Å². The number of hydrogen-bond acceptors (Lipinski definition) is 3. The van der Waals surface area contributed by atoms with Gasteiger partial charge in [0.15, 0.2) is 0 Å². The summed E-state index contributed by atoms with van der Waals surface area (Å²) in [5.41, 5.74) is 1.34. The second-order valence-electron chi connectivity index (χ2n) is 8.12. The van der Waals surface area contributed by atoms with Gasteiger partial charge in [-0.25, -0.2) is 0 Å². The summed E-state index contributed by atoms with van der Waals surface area (Å²) >= 11 is 0. The molecule has 1 aliphatic rings. The molecule has 0 radical (unpaired) electrons. The van der Waals surface area contributed by atoms with Crippen molar-refractivity contribution in [1.82, 2.24) is 0 Å². The maximum absolute atomic E-state index is 12.7. The maximum atomic E-state index is 12.7. The minimum atomic E-state index is -1.20. The fourth-order valence-corrected chi connectivity index (χ4v) is 3.22. The quantitative estimate of drug-likeness (QED) is 0.751. The number of piperidine rings is 1. The van der Waals surface area contributed by atoms with Crippen LogP contribution in [0.4, 0.5) is 17.1 Å². The smallest absolute Gasteiger partial charge is 0.239 e. The second kappa shape index (κ2) is 8.46. The lowest BCUT2D eigenvalue weighted by Gasteiger charge is -2.32. The van der Waals surface area contributed by atoms with Gasteiger partial charge in [-0.1, -0.05) is 25.1 Å². The number of benzene rings is 2. The number of nitrogens with one attached hydrogen (secondary N) is 2. The van der Waals surface area contributed by atoms with Crippen LogP contribution in [0.15, 0.2) is 54.6 Å². The summed E-state index contributed by atoms with van der Waals surface area (Å²) in [6, 6.07) is 17.0. The van der Waals surface area contributed by atoms with E-state index >= 15 is 0 Å². The molecule has 5 heteroatoms. The molecule has 1 fully saturated rings. The van der Waals surface area contributed by atoms with Crippen molar-refractivity contribution in [1.29, 1.82) is 0 Å². The Balaban J connectivity index is 1.60. The molecule has 2 aromatic carbocycles. The highest BCUT2D eigenvalue weighted by atomic mass is 16.2. The van der Waals surface area contributed by atoms with Gasteiger partial charge in [0.2, 0.25) is 11.8 Å². The van der Waals surface area contributed by atoms with Crippen molar-refractivity contribution in [3.63, 3.8) is 0 Å². The zero-order valence-electron chi connectivity index (χ0n) is 16.9. The molecule has 0 spiro atoms. The lowest BCUT2D eigenvalue weighted by atomic mass is 9.90. The third kappa shape index (κ3) is 4.71. The molecule has 2 aromatic rings. The van der Waals surface area contributed by atoms with Crippen LogP contribution in [0.5, 0.6) is 0 Å². The molecule has 0 aromatic heterocycles. The lowest BCUT2D eigenvalue weighted by Crippen LogP contribution is -2.41. The summed E-state index contributed by atoms with van der Waals surface area (Å²) in [5.74, 6) is 0.120. The van der Waals surface area contributed by atoms with Crippen LogP contribution in [0.3, 0.4) is 0 Å². The molecule has 0 aliphatic carbocycles. The molecule has 0 atom stereocenters. The summed E-state index contributed by atoms with van der Waals surface area (Å²) in [4.78, 5) is 27.7. The Bertz CT molecular complexity index is 808. The van der Waals surface area contributed by atoms with Crippen molar-refractivity contribution in [2.75, 3.05) is 28.6 Å². The first-order valence-electron chi connectivity index (χ1n) is 9.89. The normalized spacial score (nSPS) is 15.2. The molecular weight excluding hydrogens is 350 g/mol. The number of carbonyl (C=O) groups is 2. The predicted octanol–water partition coefficient (Wildman–Crippen LogP) is 4.53. The predicted molar refractivity (Wildman–Crippen MR) is 115 cm³/mol. The van der Waals surface area contributed by atoms with E-state index in [0.29, 0.717) is 11.4 Å². The van der Waals surface area contributed by atoms with Gasteiger partial charge in [0.25, 0.3) is 0 Å². The minimum absolute atomic E-state index is 0.333. The number of carbonyl (C=O) groups excluding carboxylic acids is 2. The van der Waals surface area contributed by atoms with Gasteiger partial charge >= 0.3 is 0 Å². The number of rotatable bonds is 5. The lowest BCUT2D eigenvalue weighted by molar-refractivity contribution is -0.135. The number of amides is 2. The van der Waals surface area contributed by atoms with Gasteiger partial charge in [-0.2, -0.15) is 0 Å². The van der Waals surface area contributed by atoms with Crippen molar-refractivity contribution in [2.45, 2.75) is 33.6 Å². The first kappa shape index (κ1) is 19.9. The average Bonchev–Trinajstić information content (AvgIpc) is 2.70. The van der Waals surface area contributed by atoms with Crippen molar-refractivity contribution < 1.29 is 9.59 Å². The molecule has 0 saturated carbocycles. The number of anilines is 3.